The second-order valence-electron chi connectivity index (χ2n) is 8.71. The van der Waals surface area contributed by atoms with E-state index >= 15 is 0 Å². The number of aromatic nitrogens is 4. The first-order valence-corrected chi connectivity index (χ1v) is 12.5. The van der Waals surface area contributed by atoms with E-state index in [1.54, 1.807) is 11.1 Å². The first kappa shape index (κ1) is 24.0. The van der Waals surface area contributed by atoms with Gasteiger partial charge in [0.1, 0.15) is 23.1 Å². The molecule has 0 radical (unpaired) electrons. The van der Waals surface area contributed by atoms with Crippen LogP contribution in [0.5, 0.6) is 11.9 Å². The van der Waals surface area contributed by atoms with Gasteiger partial charge in [-0.1, -0.05) is 6.42 Å². The molecule has 1 atom stereocenters. The third kappa shape index (κ3) is 5.00. The number of halogens is 2. The molecule has 0 saturated carbocycles. The molecule has 0 N–H and O–H groups in total. The number of alkyl halides is 2. The molecule has 0 bridgehead atoms. The highest BCUT2D eigenvalue weighted by Gasteiger charge is 2.49. The molecule has 0 amide bonds. The van der Waals surface area contributed by atoms with Crippen LogP contribution in [0, 0.1) is 0 Å². The van der Waals surface area contributed by atoms with Gasteiger partial charge in [-0.25, -0.2) is 23.7 Å². The van der Waals surface area contributed by atoms with E-state index < -0.39 is 18.6 Å². The number of methoxy groups -OCH3 is 2. The molecule has 3 aromatic heterocycles. The van der Waals surface area contributed by atoms with E-state index in [4.69, 9.17) is 14.2 Å². The van der Waals surface area contributed by atoms with Crippen molar-refractivity contribution in [3.8, 4) is 22.3 Å². The number of ether oxygens (including phenoxy) is 3. The maximum absolute atomic E-state index is 14.9. The van der Waals surface area contributed by atoms with Crippen LogP contribution in [0.3, 0.4) is 0 Å². The van der Waals surface area contributed by atoms with Crippen molar-refractivity contribution in [3.05, 3.63) is 18.6 Å². The summed E-state index contributed by atoms with van der Waals surface area (Å²) in [6.45, 7) is 2.63. The third-order valence-electron chi connectivity index (χ3n) is 6.42. The molecule has 0 aliphatic carbocycles. The summed E-state index contributed by atoms with van der Waals surface area (Å²) in [4.78, 5) is 22.5. The number of rotatable bonds is 8. The molecule has 12 heteroatoms. The summed E-state index contributed by atoms with van der Waals surface area (Å²) in [6, 6.07) is 2.06. The number of piperidine rings is 1. The van der Waals surface area contributed by atoms with Gasteiger partial charge >= 0.3 is 6.01 Å². The molecule has 5 rings (SSSR count). The van der Waals surface area contributed by atoms with E-state index in [9.17, 15) is 8.78 Å². The van der Waals surface area contributed by atoms with Gasteiger partial charge in [-0.3, -0.25) is 0 Å². The topological polar surface area (TPSA) is 85.7 Å². The molecule has 35 heavy (non-hydrogen) atoms. The second kappa shape index (κ2) is 10.1. The number of thiophene rings is 1. The number of fused-ring (bicyclic) bond motifs is 1. The van der Waals surface area contributed by atoms with Crippen molar-refractivity contribution in [1.82, 2.24) is 24.8 Å². The second-order valence-corrected chi connectivity index (χ2v) is 9.74. The molecule has 5 heterocycles. The fourth-order valence-electron chi connectivity index (χ4n) is 4.60. The van der Waals surface area contributed by atoms with Gasteiger partial charge in [0.2, 0.25) is 5.88 Å². The fraction of sp³-hybridized carbons (Fsp3) is 0.565. The highest BCUT2D eigenvalue weighted by atomic mass is 32.1. The van der Waals surface area contributed by atoms with Gasteiger partial charge in [-0.2, -0.15) is 4.98 Å². The molecular formula is C23H28F2N6O3S. The van der Waals surface area contributed by atoms with Gasteiger partial charge in [0, 0.05) is 17.6 Å². The lowest BCUT2D eigenvalue weighted by molar-refractivity contribution is -0.107. The number of hydrogen-bond donors (Lipinski definition) is 0. The van der Waals surface area contributed by atoms with Gasteiger partial charge in [0.15, 0.2) is 0 Å². The van der Waals surface area contributed by atoms with Crippen molar-refractivity contribution >= 4 is 27.4 Å². The molecule has 188 valence electrons. The van der Waals surface area contributed by atoms with Crippen LogP contribution in [0.1, 0.15) is 19.3 Å². The molecule has 0 spiro atoms. The SMILES string of the molecule is COc1ncc(-c2cc3c(N4CC(OCCN5CCCCC5)C(F)(F)C4)ncnc3s2)c(OC)n1. The Kier molecular flexibility index (Phi) is 6.94. The zero-order chi connectivity index (χ0) is 24.4. The van der Waals surface area contributed by atoms with Crippen molar-refractivity contribution < 1.29 is 23.0 Å². The van der Waals surface area contributed by atoms with E-state index in [0.29, 0.717) is 40.6 Å². The normalized spacial score (nSPS) is 20.5. The van der Waals surface area contributed by atoms with Gasteiger partial charge in [0.05, 0.1) is 44.9 Å². The number of anilines is 1. The molecule has 2 aliphatic rings. The highest BCUT2D eigenvalue weighted by Crippen LogP contribution is 2.41. The summed E-state index contributed by atoms with van der Waals surface area (Å²) in [5.74, 6) is -2.15. The average Bonchev–Trinajstić information content (AvgIpc) is 3.44. The van der Waals surface area contributed by atoms with E-state index in [2.05, 4.69) is 24.8 Å². The lowest BCUT2D eigenvalue weighted by atomic mass is 10.1. The molecule has 9 nitrogen and oxygen atoms in total. The van der Waals surface area contributed by atoms with Crippen LogP contribution in [0.4, 0.5) is 14.6 Å². The molecule has 2 fully saturated rings. The maximum Gasteiger partial charge on any atom is 0.319 e. The minimum absolute atomic E-state index is 0.0687. The quantitative estimate of drug-likeness (QED) is 0.456. The lowest BCUT2D eigenvalue weighted by Gasteiger charge is -2.27. The van der Waals surface area contributed by atoms with E-state index in [1.165, 1.54) is 38.3 Å². The predicted octanol–water partition coefficient (Wildman–Crippen LogP) is 3.49. The summed E-state index contributed by atoms with van der Waals surface area (Å²) in [5, 5.41) is 0.690. The number of likely N-dealkylation sites (tertiary alicyclic amines) is 1. The lowest BCUT2D eigenvalue weighted by Crippen LogP contribution is -2.38. The number of hydrogen-bond acceptors (Lipinski definition) is 10. The standard InChI is InChI=1S/C23H28F2N6O3S/c1-32-20-16(11-26-22(29-20)33-2)17-10-15-19(27-14-28-21(15)35-17)31-12-18(23(24,25)13-31)34-9-8-30-6-4-3-5-7-30/h10-11,14,18H,3-9,12-13H2,1-2H3. The van der Waals surface area contributed by atoms with Crippen molar-refractivity contribution in [1.29, 1.82) is 0 Å². The summed E-state index contributed by atoms with van der Waals surface area (Å²) >= 11 is 1.39. The first-order valence-electron chi connectivity index (χ1n) is 11.6. The maximum atomic E-state index is 14.9. The fourth-order valence-corrected chi connectivity index (χ4v) is 5.59. The van der Waals surface area contributed by atoms with Crippen LogP contribution in [-0.4, -0.2) is 90.4 Å². The highest BCUT2D eigenvalue weighted by molar-refractivity contribution is 7.22. The molecule has 3 aromatic rings. The first-order chi connectivity index (χ1) is 17.0. The van der Waals surface area contributed by atoms with E-state index in [-0.39, 0.29) is 12.6 Å². The predicted molar refractivity (Wildman–Crippen MR) is 129 cm³/mol. The van der Waals surface area contributed by atoms with Crippen molar-refractivity contribution in [2.75, 3.05) is 58.5 Å². The number of nitrogens with zero attached hydrogens (tertiary/aromatic N) is 6. The summed E-state index contributed by atoms with van der Waals surface area (Å²) < 4.78 is 45.9. The Balaban J connectivity index is 1.35. The minimum atomic E-state index is -2.97. The summed E-state index contributed by atoms with van der Waals surface area (Å²) in [6.07, 6.45) is 5.40. The van der Waals surface area contributed by atoms with Crippen LogP contribution >= 0.6 is 11.3 Å². The monoisotopic (exact) mass is 506 g/mol. The summed E-state index contributed by atoms with van der Waals surface area (Å²) in [7, 11) is 2.99. The molecular weight excluding hydrogens is 478 g/mol. The van der Waals surface area contributed by atoms with Crippen molar-refractivity contribution in [3.63, 3.8) is 0 Å². The van der Waals surface area contributed by atoms with Gasteiger partial charge in [-0.15, -0.1) is 11.3 Å². The van der Waals surface area contributed by atoms with Crippen LogP contribution in [0.15, 0.2) is 18.6 Å². The Bertz CT molecular complexity index is 1170. The van der Waals surface area contributed by atoms with Gasteiger partial charge in [0.25, 0.3) is 5.92 Å². The molecule has 2 saturated heterocycles. The van der Waals surface area contributed by atoms with Crippen LogP contribution < -0.4 is 14.4 Å². The summed E-state index contributed by atoms with van der Waals surface area (Å²) in [5.41, 5.74) is 0.660. The van der Waals surface area contributed by atoms with Crippen molar-refractivity contribution in [2.24, 2.45) is 0 Å². The smallest absolute Gasteiger partial charge is 0.319 e. The molecule has 1 unspecified atom stereocenters. The molecule has 0 aromatic carbocycles. The molecule has 2 aliphatic heterocycles. The van der Waals surface area contributed by atoms with E-state index in [0.717, 1.165) is 30.8 Å². The zero-order valence-electron chi connectivity index (χ0n) is 19.7. The average molecular weight is 507 g/mol. The van der Waals surface area contributed by atoms with E-state index in [1.807, 2.05) is 6.07 Å². The van der Waals surface area contributed by atoms with Crippen LogP contribution in [0.2, 0.25) is 0 Å². The van der Waals surface area contributed by atoms with Crippen LogP contribution in [-0.2, 0) is 4.74 Å². The van der Waals surface area contributed by atoms with Crippen LogP contribution in [0.25, 0.3) is 20.7 Å². The Morgan fingerprint density at radius 2 is 1.94 bits per heavy atom. The zero-order valence-corrected chi connectivity index (χ0v) is 20.6. The largest absolute Gasteiger partial charge is 0.480 e. The Morgan fingerprint density at radius 1 is 1.11 bits per heavy atom. The van der Waals surface area contributed by atoms with Gasteiger partial charge in [-0.05, 0) is 32.0 Å². The Morgan fingerprint density at radius 3 is 2.71 bits per heavy atom. The Hall–Kier alpha value is -2.70. The van der Waals surface area contributed by atoms with Crippen molar-refractivity contribution in [2.45, 2.75) is 31.3 Å². The van der Waals surface area contributed by atoms with Gasteiger partial charge < -0.3 is 24.0 Å². The minimum Gasteiger partial charge on any atom is -0.480 e. The third-order valence-corrected chi connectivity index (χ3v) is 7.49. The Labute approximate surface area is 206 Å².